The Morgan fingerprint density at radius 1 is 1.34 bits per heavy atom. The maximum atomic E-state index is 13.2. The third-order valence-electron chi connectivity index (χ3n) is 5.71. The fourth-order valence-electron chi connectivity index (χ4n) is 3.97. The van der Waals surface area contributed by atoms with Crippen LogP contribution in [0.25, 0.3) is 10.2 Å². The predicted octanol–water partition coefficient (Wildman–Crippen LogP) is 3.13. The number of benzene rings is 1. The van der Waals surface area contributed by atoms with Gasteiger partial charge < -0.3 is 15.0 Å². The third kappa shape index (κ3) is 4.71. The number of carbonyl (C=O) groups excluding carboxylic acids is 1. The highest BCUT2D eigenvalue weighted by atomic mass is 32.2. The summed E-state index contributed by atoms with van der Waals surface area (Å²) in [5, 5.41) is 4.11. The second kappa shape index (κ2) is 9.03. The van der Waals surface area contributed by atoms with Crippen molar-refractivity contribution in [3.05, 3.63) is 46.6 Å². The van der Waals surface area contributed by atoms with E-state index in [2.05, 4.69) is 15.3 Å². The van der Waals surface area contributed by atoms with E-state index in [-0.39, 0.29) is 23.3 Å². The van der Waals surface area contributed by atoms with Crippen LogP contribution >= 0.6 is 11.3 Å². The molecule has 32 heavy (non-hydrogen) atoms. The van der Waals surface area contributed by atoms with Crippen molar-refractivity contribution in [2.24, 2.45) is 5.92 Å². The summed E-state index contributed by atoms with van der Waals surface area (Å²) in [6.07, 6.45) is 2.13. The number of methoxy groups -OCH3 is 1. The molecule has 1 N–H and O–H groups in total. The molecule has 1 aliphatic heterocycles. The van der Waals surface area contributed by atoms with Crippen LogP contribution in [-0.2, 0) is 16.4 Å². The van der Waals surface area contributed by atoms with E-state index in [0.717, 1.165) is 27.1 Å². The molecule has 10 heteroatoms. The maximum absolute atomic E-state index is 13.2. The molecule has 2 aromatic heterocycles. The van der Waals surface area contributed by atoms with Gasteiger partial charge in [-0.25, -0.2) is 18.4 Å². The van der Waals surface area contributed by atoms with Crippen LogP contribution < -0.4 is 10.1 Å². The monoisotopic (exact) mass is 474 g/mol. The van der Waals surface area contributed by atoms with Crippen molar-refractivity contribution in [2.75, 3.05) is 37.5 Å². The minimum Gasteiger partial charge on any atom is -0.497 e. The number of carbonyl (C=O) groups is 1. The smallest absolute Gasteiger partial charge is 0.264 e. The normalized spacial score (nSPS) is 17.4. The minimum absolute atomic E-state index is 0.0686. The van der Waals surface area contributed by atoms with Gasteiger partial charge in [0.05, 0.1) is 28.9 Å². The number of nitrogens with one attached hydrogen (secondary N) is 1. The van der Waals surface area contributed by atoms with E-state index in [9.17, 15) is 13.2 Å². The topological polar surface area (TPSA) is 101 Å². The summed E-state index contributed by atoms with van der Waals surface area (Å²) in [7, 11) is 0.466. The van der Waals surface area contributed by atoms with E-state index < -0.39 is 9.84 Å². The Kier molecular flexibility index (Phi) is 6.34. The number of anilines is 1. The summed E-state index contributed by atoms with van der Waals surface area (Å²) in [5.74, 6) is 1.83. The number of rotatable bonds is 7. The summed E-state index contributed by atoms with van der Waals surface area (Å²) in [4.78, 5) is 25.0. The summed E-state index contributed by atoms with van der Waals surface area (Å²) in [6.45, 7) is 2.89. The van der Waals surface area contributed by atoms with E-state index in [4.69, 9.17) is 4.74 Å². The Balaban J connectivity index is 1.53. The van der Waals surface area contributed by atoms with Crippen LogP contribution in [0.2, 0.25) is 0 Å². The average molecular weight is 475 g/mol. The first-order valence-electron chi connectivity index (χ1n) is 10.3. The van der Waals surface area contributed by atoms with Gasteiger partial charge in [0, 0.05) is 20.1 Å². The van der Waals surface area contributed by atoms with E-state index in [0.29, 0.717) is 30.2 Å². The van der Waals surface area contributed by atoms with Crippen LogP contribution in [0.5, 0.6) is 5.75 Å². The number of aryl methyl sites for hydroxylation is 1. The number of fused-ring (bicyclic) bond motifs is 1. The zero-order valence-corrected chi connectivity index (χ0v) is 19.9. The number of thiophene rings is 1. The Hall–Kier alpha value is -2.72. The van der Waals surface area contributed by atoms with Crippen LogP contribution in [0.15, 0.2) is 30.6 Å². The summed E-state index contributed by atoms with van der Waals surface area (Å²) in [6, 6.07) is 7.65. The van der Waals surface area contributed by atoms with Crippen molar-refractivity contribution in [3.63, 3.8) is 0 Å². The van der Waals surface area contributed by atoms with Gasteiger partial charge in [0.1, 0.15) is 22.7 Å². The molecule has 1 atom stereocenters. The first-order valence-corrected chi connectivity index (χ1v) is 13.0. The Morgan fingerprint density at radius 2 is 2.16 bits per heavy atom. The highest BCUT2D eigenvalue weighted by molar-refractivity contribution is 7.91. The summed E-state index contributed by atoms with van der Waals surface area (Å²) < 4.78 is 28.7. The molecular formula is C22H26N4O4S2. The molecule has 0 spiro atoms. The first kappa shape index (κ1) is 22.5. The van der Waals surface area contributed by atoms with Gasteiger partial charge in [0.15, 0.2) is 9.84 Å². The van der Waals surface area contributed by atoms with Crippen LogP contribution in [0.1, 0.15) is 27.2 Å². The van der Waals surface area contributed by atoms with Crippen molar-refractivity contribution >= 4 is 43.1 Å². The fraction of sp³-hybridized carbons (Fsp3) is 0.409. The zero-order chi connectivity index (χ0) is 22.9. The average Bonchev–Trinajstić information content (AvgIpc) is 3.30. The number of ether oxygens (including phenoxy) is 1. The molecule has 1 fully saturated rings. The maximum Gasteiger partial charge on any atom is 0.264 e. The van der Waals surface area contributed by atoms with Crippen molar-refractivity contribution in [1.82, 2.24) is 14.9 Å². The van der Waals surface area contributed by atoms with Crippen LogP contribution in [-0.4, -0.2) is 61.4 Å². The van der Waals surface area contributed by atoms with Gasteiger partial charge in [-0.2, -0.15) is 0 Å². The summed E-state index contributed by atoms with van der Waals surface area (Å²) in [5.41, 5.74) is 1.81. The molecule has 4 rings (SSSR count). The second-order valence-corrected chi connectivity index (χ2v) is 11.3. The van der Waals surface area contributed by atoms with Crippen molar-refractivity contribution < 1.29 is 17.9 Å². The van der Waals surface area contributed by atoms with Gasteiger partial charge in [-0.05, 0) is 42.5 Å². The largest absolute Gasteiger partial charge is 0.497 e. The molecule has 3 aromatic rings. The molecule has 1 aromatic carbocycles. The van der Waals surface area contributed by atoms with E-state index in [1.54, 1.807) is 19.1 Å². The first-order chi connectivity index (χ1) is 15.3. The quantitative estimate of drug-likeness (QED) is 0.561. The SMILES string of the molecule is COc1cccc(CN(C)C(=O)c2sc3ncnc(NC[C@@H]4CCS(=O)(=O)C4)c3c2C)c1. The van der Waals surface area contributed by atoms with Crippen molar-refractivity contribution in [2.45, 2.75) is 19.9 Å². The highest BCUT2D eigenvalue weighted by Crippen LogP contribution is 2.34. The number of aromatic nitrogens is 2. The van der Waals surface area contributed by atoms with Gasteiger partial charge in [-0.3, -0.25) is 4.79 Å². The molecule has 0 aliphatic carbocycles. The lowest BCUT2D eigenvalue weighted by atomic mass is 10.1. The highest BCUT2D eigenvalue weighted by Gasteiger charge is 2.28. The number of hydrogen-bond donors (Lipinski definition) is 1. The van der Waals surface area contributed by atoms with E-state index >= 15 is 0 Å². The fourth-order valence-corrected chi connectivity index (χ4v) is 6.98. The summed E-state index contributed by atoms with van der Waals surface area (Å²) >= 11 is 1.35. The van der Waals surface area contributed by atoms with Gasteiger partial charge in [0.2, 0.25) is 0 Å². The number of sulfone groups is 1. The standard InChI is InChI=1S/C22H26N4O4S2/c1-14-18-20(23-10-16-7-8-32(28,29)12-16)24-13-25-21(18)31-19(14)22(27)26(2)11-15-5-4-6-17(9-15)30-3/h4-6,9,13,16H,7-8,10-12H2,1-3H3,(H,23,24,25)/t16-/m0/s1. The Bertz CT molecular complexity index is 1260. The van der Waals surface area contributed by atoms with Gasteiger partial charge >= 0.3 is 0 Å². The van der Waals surface area contributed by atoms with Gasteiger partial charge in [-0.15, -0.1) is 11.3 Å². The van der Waals surface area contributed by atoms with E-state index in [1.807, 2.05) is 31.2 Å². The molecule has 3 heterocycles. The van der Waals surface area contributed by atoms with Crippen molar-refractivity contribution in [1.29, 1.82) is 0 Å². The molecule has 1 saturated heterocycles. The van der Waals surface area contributed by atoms with Crippen LogP contribution in [0, 0.1) is 12.8 Å². The molecule has 1 amide bonds. The lowest BCUT2D eigenvalue weighted by molar-refractivity contribution is 0.0789. The van der Waals surface area contributed by atoms with Gasteiger partial charge in [0.25, 0.3) is 5.91 Å². The molecule has 0 bridgehead atoms. The number of hydrogen-bond acceptors (Lipinski definition) is 8. The molecule has 8 nitrogen and oxygen atoms in total. The lowest BCUT2D eigenvalue weighted by Gasteiger charge is -2.17. The van der Waals surface area contributed by atoms with E-state index in [1.165, 1.54) is 17.7 Å². The van der Waals surface area contributed by atoms with Crippen molar-refractivity contribution in [3.8, 4) is 5.75 Å². The third-order valence-corrected chi connectivity index (χ3v) is 8.73. The molecular weight excluding hydrogens is 448 g/mol. The molecule has 1 aliphatic rings. The Labute approximate surface area is 191 Å². The molecule has 0 radical (unpaired) electrons. The van der Waals surface area contributed by atoms with Crippen LogP contribution in [0.4, 0.5) is 5.82 Å². The lowest BCUT2D eigenvalue weighted by Crippen LogP contribution is -2.26. The van der Waals surface area contributed by atoms with Gasteiger partial charge in [-0.1, -0.05) is 12.1 Å². The molecule has 0 unspecified atom stereocenters. The number of amides is 1. The molecule has 170 valence electrons. The van der Waals surface area contributed by atoms with Crippen LogP contribution in [0.3, 0.4) is 0 Å². The minimum atomic E-state index is -2.93. The Morgan fingerprint density at radius 3 is 2.88 bits per heavy atom. The molecule has 0 saturated carbocycles. The number of nitrogens with zero attached hydrogens (tertiary/aromatic N) is 3. The zero-order valence-electron chi connectivity index (χ0n) is 18.3. The predicted molar refractivity (Wildman–Crippen MR) is 126 cm³/mol. The second-order valence-electron chi connectivity index (χ2n) is 8.12.